The zero-order valence-electron chi connectivity index (χ0n) is 15.9. The summed E-state index contributed by atoms with van der Waals surface area (Å²) in [5.41, 5.74) is 2.24. The second-order valence-corrected chi connectivity index (χ2v) is 8.99. The quantitative estimate of drug-likeness (QED) is 0.613. The van der Waals surface area contributed by atoms with E-state index in [1.165, 1.54) is 6.42 Å². The van der Waals surface area contributed by atoms with Crippen LogP contribution in [-0.2, 0) is 0 Å². The number of aromatic amines is 1. The molecule has 3 aliphatic rings. The van der Waals surface area contributed by atoms with E-state index in [0.29, 0.717) is 34.5 Å². The van der Waals surface area contributed by atoms with Gasteiger partial charge in [0.2, 0.25) is 0 Å². The SMILES string of the molecule is C[C@H]1[C@H](Nc2c(Nc3c[nH]c4ccccc34)c(=O)c2=O)C[C@H]2C[C@@H]1C2(C)C. The third kappa shape index (κ3) is 2.23. The molecular weight excluding hydrogens is 338 g/mol. The highest BCUT2D eigenvalue weighted by molar-refractivity contribution is 5.95. The largest absolute Gasteiger partial charge is 0.377 e. The molecular formula is C22H25N3O2. The van der Waals surface area contributed by atoms with Gasteiger partial charge in [0.25, 0.3) is 10.9 Å². The first-order chi connectivity index (χ1) is 12.9. The normalized spacial score (nSPS) is 28.9. The maximum Gasteiger partial charge on any atom is 0.253 e. The maximum absolute atomic E-state index is 12.2. The van der Waals surface area contributed by atoms with Crippen LogP contribution in [0.15, 0.2) is 40.1 Å². The summed E-state index contributed by atoms with van der Waals surface area (Å²) in [5.74, 6) is 1.88. The van der Waals surface area contributed by atoms with Crippen molar-refractivity contribution in [3.63, 3.8) is 0 Å². The summed E-state index contributed by atoms with van der Waals surface area (Å²) in [5, 5.41) is 7.63. The summed E-state index contributed by atoms with van der Waals surface area (Å²) < 4.78 is 0. The Bertz CT molecular complexity index is 1100. The van der Waals surface area contributed by atoms with Gasteiger partial charge in [-0.05, 0) is 42.1 Å². The minimum Gasteiger partial charge on any atom is -0.377 e. The molecule has 0 radical (unpaired) electrons. The molecule has 3 fully saturated rings. The molecule has 1 heterocycles. The van der Waals surface area contributed by atoms with Gasteiger partial charge < -0.3 is 15.6 Å². The molecule has 2 bridgehead atoms. The van der Waals surface area contributed by atoms with E-state index < -0.39 is 10.9 Å². The minimum atomic E-state index is -0.434. The molecule has 3 saturated carbocycles. The first-order valence-corrected chi connectivity index (χ1v) is 9.81. The van der Waals surface area contributed by atoms with Gasteiger partial charge in [-0.1, -0.05) is 39.0 Å². The number of nitrogens with one attached hydrogen (secondary N) is 3. The molecule has 0 saturated heterocycles. The van der Waals surface area contributed by atoms with Crippen molar-refractivity contribution in [2.24, 2.45) is 23.2 Å². The molecule has 5 heteroatoms. The highest BCUT2D eigenvalue weighted by atomic mass is 16.2. The lowest BCUT2D eigenvalue weighted by atomic mass is 9.44. The molecule has 0 amide bonds. The molecule has 2 aromatic carbocycles. The van der Waals surface area contributed by atoms with Crippen molar-refractivity contribution in [3.05, 3.63) is 50.9 Å². The predicted octanol–water partition coefficient (Wildman–Crippen LogP) is 3.99. The van der Waals surface area contributed by atoms with E-state index in [1.54, 1.807) is 0 Å². The van der Waals surface area contributed by atoms with Gasteiger partial charge in [0.15, 0.2) is 0 Å². The van der Waals surface area contributed by atoms with Crippen molar-refractivity contribution in [3.8, 4) is 0 Å². The van der Waals surface area contributed by atoms with Crippen LogP contribution in [0, 0.1) is 23.2 Å². The van der Waals surface area contributed by atoms with Gasteiger partial charge in [0.05, 0.1) is 5.69 Å². The maximum atomic E-state index is 12.2. The fourth-order valence-electron chi connectivity index (χ4n) is 5.48. The molecule has 6 rings (SSSR count). The number of rotatable bonds is 4. The zero-order chi connectivity index (χ0) is 18.9. The van der Waals surface area contributed by atoms with Crippen LogP contribution in [0.4, 0.5) is 17.1 Å². The van der Waals surface area contributed by atoms with Gasteiger partial charge in [0.1, 0.15) is 11.4 Å². The summed E-state index contributed by atoms with van der Waals surface area (Å²) in [4.78, 5) is 27.7. The van der Waals surface area contributed by atoms with Gasteiger partial charge in [-0.15, -0.1) is 0 Å². The van der Waals surface area contributed by atoms with Crippen LogP contribution in [0.3, 0.4) is 0 Å². The molecule has 4 atom stereocenters. The highest BCUT2D eigenvalue weighted by Crippen LogP contribution is 2.61. The van der Waals surface area contributed by atoms with E-state index in [1.807, 2.05) is 30.5 Å². The van der Waals surface area contributed by atoms with Crippen LogP contribution in [-0.4, -0.2) is 11.0 Å². The fraction of sp³-hybridized carbons (Fsp3) is 0.455. The minimum absolute atomic E-state index is 0.258. The molecule has 3 aliphatic carbocycles. The summed E-state index contributed by atoms with van der Waals surface area (Å²) in [6, 6.07) is 8.16. The van der Waals surface area contributed by atoms with Crippen LogP contribution in [0.1, 0.15) is 33.6 Å². The van der Waals surface area contributed by atoms with E-state index in [2.05, 4.69) is 36.4 Å². The van der Waals surface area contributed by atoms with Crippen LogP contribution in [0.25, 0.3) is 10.9 Å². The Hall–Kier alpha value is -2.56. The van der Waals surface area contributed by atoms with Gasteiger partial charge in [-0.2, -0.15) is 0 Å². The van der Waals surface area contributed by atoms with E-state index >= 15 is 0 Å². The Balaban J connectivity index is 1.40. The summed E-state index contributed by atoms with van der Waals surface area (Å²) in [6.07, 6.45) is 4.20. The van der Waals surface area contributed by atoms with Crippen LogP contribution < -0.4 is 21.5 Å². The van der Waals surface area contributed by atoms with E-state index in [9.17, 15) is 9.59 Å². The number of H-pyrrole nitrogens is 1. The van der Waals surface area contributed by atoms with E-state index in [4.69, 9.17) is 0 Å². The molecule has 0 aliphatic heterocycles. The molecule has 0 spiro atoms. The van der Waals surface area contributed by atoms with Gasteiger partial charge in [-0.3, -0.25) is 9.59 Å². The van der Waals surface area contributed by atoms with Crippen molar-refractivity contribution in [2.45, 2.75) is 39.7 Å². The Morgan fingerprint density at radius 1 is 1.07 bits per heavy atom. The monoisotopic (exact) mass is 363 g/mol. The standard InChI is InChI=1S/C22H25N3O2/c1-11-14-8-12(22(14,2)3)9-16(11)24-18-19(21(27)20(18)26)25-17-10-23-15-7-5-4-6-13(15)17/h4-7,10-12,14,16,23-25H,8-9H2,1-3H3/t11-,12-,14+,16-/m1/s1. The van der Waals surface area contributed by atoms with Crippen molar-refractivity contribution in [1.82, 2.24) is 4.98 Å². The highest BCUT2D eigenvalue weighted by Gasteiger charge is 2.56. The van der Waals surface area contributed by atoms with Crippen molar-refractivity contribution in [1.29, 1.82) is 0 Å². The topological polar surface area (TPSA) is 74.0 Å². The molecule has 1 aromatic heterocycles. The number of para-hydroxylation sites is 1. The third-order valence-corrected chi connectivity index (χ3v) is 7.44. The second kappa shape index (κ2) is 5.47. The van der Waals surface area contributed by atoms with Crippen LogP contribution in [0.2, 0.25) is 0 Å². The predicted molar refractivity (Wildman–Crippen MR) is 110 cm³/mol. The lowest BCUT2D eigenvalue weighted by Crippen LogP contribution is -2.59. The number of fused-ring (bicyclic) bond motifs is 3. The van der Waals surface area contributed by atoms with E-state index in [-0.39, 0.29) is 6.04 Å². The second-order valence-electron chi connectivity index (χ2n) is 8.99. The van der Waals surface area contributed by atoms with Crippen molar-refractivity contribution < 1.29 is 0 Å². The molecule has 27 heavy (non-hydrogen) atoms. The Morgan fingerprint density at radius 2 is 1.81 bits per heavy atom. The number of hydrogen-bond donors (Lipinski definition) is 3. The molecule has 3 N–H and O–H groups in total. The first kappa shape index (κ1) is 16.6. The van der Waals surface area contributed by atoms with Gasteiger partial charge in [-0.25, -0.2) is 0 Å². The van der Waals surface area contributed by atoms with Gasteiger partial charge >= 0.3 is 0 Å². The smallest absolute Gasteiger partial charge is 0.253 e. The summed E-state index contributed by atoms with van der Waals surface area (Å²) in [6.45, 7) is 7.00. The number of anilines is 3. The number of benzene rings is 1. The van der Waals surface area contributed by atoms with Crippen LogP contribution in [0.5, 0.6) is 0 Å². The van der Waals surface area contributed by atoms with Gasteiger partial charge in [0, 0.05) is 23.1 Å². The Labute approximate surface area is 157 Å². The molecule has 140 valence electrons. The number of aromatic nitrogens is 1. The third-order valence-electron chi connectivity index (χ3n) is 7.44. The first-order valence-electron chi connectivity index (χ1n) is 9.81. The number of hydrogen-bond acceptors (Lipinski definition) is 4. The van der Waals surface area contributed by atoms with Crippen molar-refractivity contribution in [2.75, 3.05) is 10.6 Å². The fourth-order valence-corrected chi connectivity index (χ4v) is 5.48. The van der Waals surface area contributed by atoms with Crippen LogP contribution >= 0.6 is 0 Å². The lowest BCUT2D eigenvalue weighted by Gasteiger charge is -2.62. The average molecular weight is 363 g/mol. The molecule has 3 aromatic rings. The summed E-state index contributed by atoms with van der Waals surface area (Å²) in [7, 11) is 0. The zero-order valence-corrected chi connectivity index (χ0v) is 15.9. The van der Waals surface area contributed by atoms with E-state index in [0.717, 1.165) is 23.0 Å². The Morgan fingerprint density at radius 3 is 2.56 bits per heavy atom. The Kier molecular flexibility index (Phi) is 3.37. The lowest BCUT2D eigenvalue weighted by molar-refractivity contribution is -0.105. The molecule has 5 nitrogen and oxygen atoms in total. The molecule has 0 unspecified atom stereocenters. The van der Waals surface area contributed by atoms with Crippen molar-refractivity contribution >= 4 is 28.0 Å². The average Bonchev–Trinajstić information content (AvgIpc) is 3.08. The summed E-state index contributed by atoms with van der Waals surface area (Å²) >= 11 is 0.